The van der Waals surface area contributed by atoms with Gasteiger partial charge in [0.2, 0.25) is 5.36 Å². The van der Waals surface area contributed by atoms with Gasteiger partial charge in [0, 0.05) is 85.1 Å². The zero-order chi connectivity index (χ0) is 45.7. The number of carbonyl (C=O) groups excluding carboxylic acids is 1. The molecule has 0 bridgehead atoms. The number of carbonyl (C=O) groups is 2. The van der Waals surface area contributed by atoms with E-state index < -0.39 is 84.1 Å². The molecule has 17 heteroatoms. The Labute approximate surface area is 367 Å². The van der Waals surface area contributed by atoms with Crippen LogP contribution in [0.15, 0.2) is 29.2 Å². The van der Waals surface area contributed by atoms with Crippen LogP contribution < -0.4 is 24.8 Å². The Morgan fingerprint density at radius 3 is 2.30 bits per heavy atom. The maximum Gasteiger partial charge on any atom is 0.303 e. The molecule has 0 saturated carbocycles. The van der Waals surface area contributed by atoms with Gasteiger partial charge in [0.15, 0.2) is 17.2 Å². The van der Waals surface area contributed by atoms with Crippen molar-refractivity contribution in [1.82, 2.24) is 9.48 Å². The third-order valence-electron chi connectivity index (χ3n) is 13.2. The van der Waals surface area contributed by atoms with Crippen LogP contribution in [-0.2, 0) is 27.8 Å². The standard InChI is InChI=1S/C46H50F3N3O9S2/c1-23(11-12-32(55)56)50(6)44(57)35-34(37(48)43(38(49)36(35)47)62-15-16-63(58,59)60)33-30-17-28-24(21-53)19-45(2,3)51-13-7-9-26(39(28)51)41(30)61-42-27-10-8-14-52-40(27)29(18-31(33)42)25(22-54)20-46(52,4)5/h17-20,23,53-54H,7-16,21-22H2,1-6H3,(H-,55,56,58,59,60)/p+1. The van der Waals surface area contributed by atoms with Crippen LogP contribution in [0.2, 0.25) is 0 Å². The fraction of sp³-hybridized carbons (Fsp3) is 0.457. The molecule has 0 radical (unpaired) electrons. The van der Waals surface area contributed by atoms with Crippen LogP contribution in [0.25, 0.3) is 16.7 Å². The molecule has 4 N–H and O–H groups in total. The number of aliphatic carboxylic acids is 1. The number of amides is 1. The number of nitrogens with zero attached hydrogens (tertiary/aromatic N) is 3. The molecular weight excluding hydrogens is 860 g/mol. The van der Waals surface area contributed by atoms with Gasteiger partial charge in [-0.25, -0.2) is 17.7 Å². The van der Waals surface area contributed by atoms with Gasteiger partial charge in [0.1, 0.15) is 23.9 Å². The Balaban J connectivity index is 1.56. The van der Waals surface area contributed by atoms with Crippen molar-refractivity contribution in [1.29, 1.82) is 0 Å². The summed E-state index contributed by atoms with van der Waals surface area (Å²) >= 11 is 0.328. The first-order valence-electron chi connectivity index (χ1n) is 21.1. The Morgan fingerprint density at radius 1 is 0.952 bits per heavy atom. The minimum absolute atomic E-state index is 0.0224. The number of carboxylic acid groups (broad SMARTS) is 1. The van der Waals surface area contributed by atoms with E-state index in [4.69, 9.17) is 4.74 Å². The number of aliphatic hydroxyl groups is 2. The molecule has 0 saturated heterocycles. The number of aliphatic hydroxyl groups excluding tert-OH is 2. The number of anilines is 1. The molecular formula is C46H51F3N3O9S2+. The normalized spacial score (nSPS) is 18.3. The minimum atomic E-state index is -4.60. The summed E-state index contributed by atoms with van der Waals surface area (Å²) in [5.74, 6) is -7.93. The molecule has 336 valence electrons. The highest BCUT2D eigenvalue weighted by molar-refractivity contribution is 8.00. The van der Waals surface area contributed by atoms with E-state index in [2.05, 4.69) is 9.48 Å². The number of ether oxygens (including phenoxy) is 1. The summed E-state index contributed by atoms with van der Waals surface area (Å²) in [5, 5.41) is 32.2. The number of thioether (sulfide) groups is 1. The van der Waals surface area contributed by atoms with Gasteiger partial charge >= 0.3 is 5.97 Å². The van der Waals surface area contributed by atoms with E-state index in [9.17, 15) is 37.9 Å². The predicted molar refractivity (Wildman–Crippen MR) is 234 cm³/mol. The summed E-state index contributed by atoms with van der Waals surface area (Å²) in [6.07, 6.45) is 5.89. The van der Waals surface area contributed by atoms with Crippen LogP contribution in [0.4, 0.5) is 18.9 Å². The largest absolute Gasteiger partial charge is 0.481 e. The van der Waals surface area contributed by atoms with E-state index in [0.29, 0.717) is 84.3 Å². The second kappa shape index (κ2) is 16.1. The van der Waals surface area contributed by atoms with Crippen molar-refractivity contribution in [2.45, 2.75) is 95.2 Å². The molecule has 1 amide bonds. The Hall–Kier alpha value is -4.68. The fourth-order valence-corrected chi connectivity index (χ4v) is 11.9. The first kappa shape index (κ1) is 44.9. The third-order valence-corrected chi connectivity index (χ3v) is 15.2. The number of rotatable bonds is 12. The second-order valence-electron chi connectivity index (χ2n) is 18.1. The van der Waals surface area contributed by atoms with Crippen LogP contribution in [0.1, 0.15) is 104 Å². The maximum absolute atomic E-state index is 18.1. The van der Waals surface area contributed by atoms with Gasteiger partial charge in [-0.15, -0.1) is 11.8 Å². The summed E-state index contributed by atoms with van der Waals surface area (Å²) in [7, 11) is -3.31. The van der Waals surface area contributed by atoms with Crippen LogP contribution >= 0.6 is 11.8 Å². The first-order valence-corrected chi connectivity index (χ1v) is 23.7. The van der Waals surface area contributed by atoms with Crippen LogP contribution in [-0.4, -0.2) is 107 Å². The molecule has 1 unspecified atom stereocenters. The van der Waals surface area contributed by atoms with Gasteiger partial charge < -0.3 is 29.9 Å². The van der Waals surface area contributed by atoms with E-state index in [1.165, 1.54) is 14.0 Å². The SMILES string of the molecule is CC(CCC(=O)O)N(C)C(=O)c1c(F)c(F)c(SCCS(=O)(=O)O)c(F)c1C1=c2cc3c4c(c2Oc2c1cc1c5c2CCCN5C(C)(C)C=C1CO)CCC[N+]=4C(C)(C)C=C3CO. The second-order valence-corrected chi connectivity index (χ2v) is 20.7. The van der Waals surface area contributed by atoms with Crippen molar-refractivity contribution < 1.29 is 55.8 Å². The van der Waals surface area contributed by atoms with Crippen molar-refractivity contribution in [3.8, 4) is 11.5 Å². The van der Waals surface area contributed by atoms with Gasteiger partial charge in [-0.05, 0) is 75.8 Å². The molecule has 5 aliphatic rings. The minimum Gasteiger partial charge on any atom is -0.481 e. The quantitative estimate of drug-likeness (QED) is 0.0632. The number of hydrogen-bond donors (Lipinski definition) is 4. The predicted octanol–water partition coefficient (Wildman–Crippen LogP) is 5.29. The fourth-order valence-electron chi connectivity index (χ4n) is 10.1. The highest BCUT2D eigenvalue weighted by Crippen LogP contribution is 2.53. The van der Waals surface area contributed by atoms with Gasteiger partial charge in [0.05, 0.1) is 51.8 Å². The zero-order valence-electron chi connectivity index (χ0n) is 36.0. The van der Waals surface area contributed by atoms with E-state index >= 15 is 13.2 Å². The number of carboxylic acids is 1. The number of fused-ring (bicyclic) bond motifs is 4. The molecule has 8 rings (SSSR count). The molecule has 12 nitrogen and oxygen atoms in total. The molecule has 3 aromatic rings. The molecule has 0 spiro atoms. The molecule has 5 heterocycles. The lowest BCUT2D eigenvalue weighted by Gasteiger charge is -2.47. The van der Waals surface area contributed by atoms with E-state index in [1.54, 1.807) is 12.1 Å². The summed E-state index contributed by atoms with van der Waals surface area (Å²) < 4.78 is 94.1. The Kier molecular flexibility index (Phi) is 11.5. The zero-order valence-corrected chi connectivity index (χ0v) is 37.6. The Morgan fingerprint density at radius 2 is 1.63 bits per heavy atom. The molecule has 63 heavy (non-hydrogen) atoms. The van der Waals surface area contributed by atoms with Crippen molar-refractivity contribution in [2.24, 2.45) is 0 Å². The summed E-state index contributed by atoms with van der Waals surface area (Å²) in [6.45, 7) is 10.3. The van der Waals surface area contributed by atoms with Crippen molar-refractivity contribution in [3.63, 3.8) is 0 Å². The number of hydrogen-bond acceptors (Lipinski definition) is 9. The molecule has 1 atom stereocenters. The smallest absolute Gasteiger partial charge is 0.303 e. The maximum atomic E-state index is 18.1. The first-order chi connectivity index (χ1) is 29.6. The van der Waals surface area contributed by atoms with Crippen molar-refractivity contribution in [3.05, 3.63) is 91.3 Å². The Bertz CT molecular complexity index is 2840. The monoisotopic (exact) mass is 910 g/mol. The van der Waals surface area contributed by atoms with Crippen LogP contribution in [0, 0.1) is 17.5 Å². The summed E-state index contributed by atoms with van der Waals surface area (Å²) in [5.41, 5.74) is 2.22. The van der Waals surface area contributed by atoms with Gasteiger partial charge in [-0.1, -0.05) is 6.08 Å². The lowest BCUT2D eigenvalue weighted by Crippen LogP contribution is -2.53. The number of halogens is 3. The average molecular weight is 911 g/mol. The molecule has 3 aromatic carbocycles. The highest BCUT2D eigenvalue weighted by Gasteiger charge is 2.44. The average Bonchev–Trinajstić information content (AvgIpc) is 3.23. The number of benzene rings is 3. The topological polar surface area (TPSA) is 168 Å². The van der Waals surface area contributed by atoms with Crippen LogP contribution in [0.5, 0.6) is 11.5 Å². The van der Waals surface area contributed by atoms with E-state index in [-0.39, 0.29) is 42.4 Å². The van der Waals surface area contributed by atoms with Crippen molar-refractivity contribution in [2.75, 3.05) is 49.8 Å². The molecule has 0 aromatic heterocycles. The lowest BCUT2D eigenvalue weighted by molar-refractivity contribution is -0.137. The third kappa shape index (κ3) is 7.46. The summed E-state index contributed by atoms with van der Waals surface area (Å²) in [4.78, 5) is 28.7. The van der Waals surface area contributed by atoms with Gasteiger partial charge in [0.25, 0.3) is 16.0 Å². The van der Waals surface area contributed by atoms with Gasteiger partial charge in [-0.3, -0.25) is 14.1 Å². The van der Waals surface area contributed by atoms with Gasteiger partial charge in [-0.2, -0.15) is 8.42 Å². The van der Waals surface area contributed by atoms with E-state index in [0.717, 1.165) is 27.1 Å². The van der Waals surface area contributed by atoms with Crippen LogP contribution in [0.3, 0.4) is 0 Å². The summed E-state index contributed by atoms with van der Waals surface area (Å²) in [6, 6.07) is 2.62. The molecule has 0 fully saturated rings. The molecule has 0 aliphatic carbocycles. The lowest BCUT2D eigenvalue weighted by atomic mass is 9.78. The highest BCUT2D eigenvalue weighted by atomic mass is 32.2. The molecule has 5 aliphatic heterocycles. The van der Waals surface area contributed by atoms with Crippen molar-refractivity contribution >= 4 is 56.2 Å². The van der Waals surface area contributed by atoms with E-state index in [1.807, 2.05) is 39.8 Å².